The van der Waals surface area contributed by atoms with Crippen LogP contribution in [0.25, 0.3) is 44.1 Å². The van der Waals surface area contributed by atoms with E-state index in [1.807, 2.05) is 18.2 Å². The number of pyridine rings is 1. The van der Waals surface area contributed by atoms with Gasteiger partial charge in [-0.2, -0.15) is 18.4 Å². The zero-order valence-electron chi connectivity index (χ0n) is 20.6. The predicted octanol–water partition coefficient (Wildman–Crippen LogP) is 7.65. The van der Waals surface area contributed by atoms with Gasteiger partial charge in [0.1, 0.15) is 11.8 Å². The fourth-order valence-electron chi connectivity index (χ4n) is 4.91. The standard InChI is InChI=1S/C31H18F3N3O2S/c32-31(33,34)28-14-7-13-25-26(17-22(18-35)36-30(25)28)20-8-6-9-21(16-20)27-19-37(29-15-5-4-12-24(27)29)40(38,39)23-10-2-1-3-11-23/h1-17,19H. The van der Waals surface area contributed by atoms with Gasteiger partial charge in [0.25, 0.3) is 10.0 Å². The predicted molar refractivity (Wildman–Crippen MR) is 147 cm³/mol. The number of aromatic nitrogens is 2. The first-order valence-corrected chi connectivity index (χ1v) is 13.5. The number of fused-ring (bicyclic) bond motifs is 2. The molecule has 0 N–H and O–H groups in total. The molecule has 0 saturated heterocycles. The summed E-state index contributed by atoms with van der Waals surface area (Å²) < 4.78 is 69.6. The van der Waals surface area contributed by atoms with Crippen LogP contribution in [0.15, 0.2) is 114 Å². The topological polar surface area (TPSA) is 75.8 Å². The van der Waals surface area contributed by atoms with Crippen molar-refractivity contribution in [2.24, 2.45) is 0 Å². The molecule has 2 aromatic heterocycles. The molecule has 0 spiro atoms. The maximum absolute atomic E-state index is 13.8. The van der Waals surface area contributed by atoms with Crippen molar-refractivity contribution in [1.29, 1.82) is 5.26 Å². The van der Waals surface area contributed by atoms with Crippen molar-refractivity contribution in [3.63, 3.8) is 0 Å². The monoisotopic (exact) mass is 553 g/mol. The minimum Gasteiger partial charge on any atom is -0.241 e. The second-order valence-electron chi connectivity index (χ2n) is 9.12. The molecule has 0 saturated carbocycles. The van der Waals surface area contributed by atoms with E-state index in [9.17, 15) is 26.9 Å². The highest BCUT2D eigenvalue weighted by Crippen LogP contribution is 2.39. The Morgan fingerprint density at radius 3 is 2.12 bits per heavy atom. The lowest BCUT2D eigenvalue weighted by atomic mass is 9.95. The average Bonchev–Trinajstić information content (AvgIpc) is 3.37. The summed E-state index contributed by atoms with van der Waals surface area (Å²) in [6.07, 6.45) is -3.09. The van der Waals surface area contributed by atoms with Gasteiger partial charge in [0.15, 0.2) is 0 Å². The summed E-state index contributed by atoms with van der Waals surface area (Å²) in [5.41, 5.74) is 1.38. The maximum atomic E-state index is 13.8. The Morgan fingerprint density at radius 1 is 0.750 bits per heavy atom. The first kappa shape index (κ1) is 25.3. The van der Waals surface area contributed by atoms with Gasteiger partial charge < -0.3 is 0 Å². The van der Waals surface area contributed by atoms with Crippen LogP contribution in [0.2, 0.25) is 0 Å². The minimum atomic E-state index is -4.65. The van der Waals surface area contributed by atoms with E-state index in [-0.39, 0.29) is 21.5 Å². The van der Waals surface area contributed by atoms with Crippen LogP contribution in [0.3, 0.4) is 0 Å². The number of halogens is 3. The second-order valence-corrected chi connectivity index (χ2v) is 10.9. The third kappa shape index (κ3) is 4.19. The number of benzene rings is 4. The van der Waals surface area contributed by atoms with Gasteiger partial charge in [0.2, 0.25) is 0 Å². The molecule has 0 radical (unpaired) electrons. The van der Waals surface area contributed by atoms with Gasteiger partial charge in [0, 0.05) is 22.5 Å². The Labute approximate surface area is 227 Å². The van der Waals surface area contributed by atoms with Crippen molar-refractivity contribution in [2.75, 3.05) is 0 Å². The summed E-state index contributed by atoms with van der Waals surface area (Å²) in [6.45, 7) is 0. The molecule has 196 valence electrons. The van der Waals surface area contributed by atoms with Crippen molar-refractivity contribution in [2.45, 2.75) is 11.1 Å². The van der Waals surface area contributed by atoms with Crippen molar-refractivity contribution >= 4 is 31.8 Å². The SMILES string of the molecule is N#Cc1cc(-c2cccc(-c3cn(S(=O)(=O)c4ccccc4)c4ccccc34)c2)c2cccc(C(F)(F)F)c2n1. The van der Waals surface area contributed by atoms with Crippen LogP contribution in [0.1, 0.15) is 11.3 Å². The molecule has 0 atom stereocenters. The molecule has 6 rings (SSSR count). The van der Waals surface area contributed by atoms with E-state index >= 15 is 0 Å². The normalized spacial score (nSPS) is 12.1. The summed E-state index contributed by atoms with van der Waals surface area (Å²) in [5, 5.41) is 10.5. The zero-order chi connectivity index (χ0) is 28.1. The number of hydrogen-bond acceptors (Lipinski definition) is 4. The highest BCUT2D eigenvalue weighted by atomic mass is 32.2. The first-order chi connectivity index (χ1) is 19.2. The Balaban J connectivity index is 1.57. The molecule has 0 aliphatic rings. The third-order valence-electron chi connectivity index (χ3n) is 6.72. The number of para-hydroxylation sites is 2. The number of hydrogen-bond donors (Lipinski definition) is 0. The van der Waals surface area contributed by atoms with Gasteiger partial charge in [-0.15, -0.1) is 0 Å². The molecule has 40 heavy (non-hydrogen) atoms. The molecule has 0 unspecified atom stereocenters. The summed E-state index contributed by atoms with van der Waals surface area (Å²) >= 11 is 0. The summed E-state index contributed by atoms with van der Waals surface area (Å²) in [4.78, 5) is 4.12. The summed E-state index contributed by atoms with van der Waals surface area (Å²) in [7, 11) is -3.91. The molecular weight excluding hydrogens is 535 g/mol. The number of rotatable bonds is 4. The third-order valence-corrected chi connectivity index (χ3v) is 8.41. The molecule has 6 aromatic rings. The van der Waals surface area contributed by atoms with Gasteiger partial charge >= 0.3 is 6.18 Å². The molecule has 2 heterocycles. The largest absolute Gasteiger partial charge is 0.418 e. The Bertz CT molecular complexity index is 2080. The second kappa shape index (κ2) is 9.36. The van der Waals surface area contributed by atoms with Crippen LogP contribution in [0.4, 0.5) is 13.2 Å². The lowest BCUT2D eigenvalue weighted by molar-refractivity contribution is -0.136. The van der Waals surface area contributed by atoms with Crippen LogP contribution in [0, 0.1) is 11.3 Å². The molecule has 5 nitrogen and oxygen atoms in total. The maximum Gasteiger partial charge on any atom is 0.418 e. The average molecular weight is 554 g/mol. The Kier molecular flexibility index (Phi) is 5.93. The van der Waals surface area contributed by atoms with Gasteiger partial charge in [-0.1, -0.05) is 66.7 Å². The van der Waals surface area contributed by atoms with Crippen molar-refractivity contribution in [1.82, 2.24) is 8.96 Å². The number of alkyl halides is 3. The molecule has 0 fully saturated rings. The highest BCUT2D eigenvalue weighted by molar-refractivity contribution is 7.90. The summed E-state index contributed by atoms with van der Waals surface area (Å²) in [5.74, 6) is 0. The van der Waals surface area contributed by atoms with Crippen LogP contribution >= 0.6 is 0 Å². The van der Waals surface area contributed by atoms with Crippen molar-refractivity contribution in [3.05, 3.63) is 121 Å². The van der Waals surface area contributed by atoms with Crippen LogP contribution in [-0.4, -0.2) is 17.4 Å². The van der Waals surface area contributed by atoms with E-state index in [2.05, 4.69) is 4.98 Å². The molecule has 0 aliphatic carbocycles. The minimum absolute atomic E-state index is 0.142. The smallest absolute Gasteiger partial charge is 0.241 e. The van der Waals surface area contributed by atoms with E-state index in [1.54, 1.807) is 66.9 Å². The fraction of sp³-hybridized carbons (Fsp3) is 0.0323. The Morgan fingerprint density at radius 2 is 1.40 bits per heavy atom. The molecule has 9 heteroatoms. The molecule has 0 aliphatic heterocycles. The molecular formula is C31H18F3N3O2S. The zero-order valence-corrected chi connectivity index (χ0v) is 21.4. The van der Waals surface area contributed by atoms with E-state index in [1.165, 1.54) is 28.2 Å². The first-order valence-electron chi connectivity index (χ1n) is 12.1. The van der Waals surface area contributed by atoms with Crippen LogP contribution in [-0.2, 0) is 16.2 Å². The van der Waals surface area contributed by atoms with Crippen molar-refractivity contribution < 1.29 is 21.6 Å². The lowest BCUT2D eigenvalue weighted by Crippen LogP contribution is -2.11. The van der Waals surface area contributed by atoms with Gasteiger partial charge in [-0.3, -0.25) is 0 Å². The van der Waals surface area contributed by atoms with Gasteiger partial charge in [-0.25, -0.2) is 17.4 Å². The Hall–Kier alpha value is -4.94. The quantitative estimate of drug-likeness (QED) is 0.225. The molecule has 0 bridgehead atoms. The van der Waals surface area contributed by atoms with E-state index in [0.29, 0.717) is 33.2 Å². The van der Waals surface area contributed by atoms with Gasteiger partial charge in [-0.05, 0) is 53.1 Å². The molecule has 0 amide bonds. The van der Waals surface area contributed by atoms with E-state index in [4.69, 9.17) is 0 Å². The number of nitriles is 1. The van der Waals surface area contributed by atoms with E-state index < -0.39 is 21.8 Å². The van der Waals surface area contributed by atoms with Crippen LogP contribution in [0.5, 0.6) is 0 Å². The summed E-state index contributed by atoms with van der Waals surface area (Å²) in [6, 6.07) is 29.4. The van der Waals surface area contributed by atoms with Gasteiger partial charge in [0.05, 0.1) is 21.5 Å². The van der Waals surface area contributed by atoms with Crippen molar-refractivity contribution in [3.8, 4) is 28.3 Å². The lowest BCUT2D eigenvalue weighted by Gasteiger charge is -2.13. The van der Waals surface area contributed by atoms with E-state index in [0.717, 1.165) is 6.07 Å². The van der Waals surface area contributed by atoms with Crippen LogP contribution < -0.4 is 0 Å². The fourth-order valence-corrected chi connectivity index (χ4v) is 6.30. The highest BCUT2D eigenvalue weighted by Gasteiger charge is 2.33. The number of nitrogens with zero attached hydrogens (tertiary/aromatic N) is 3. The molecule has 4 aromatic carbocycles.